The predicted octanol–water partition coefficient (Wildman–Crippen LogP) is 3.95. The first-order chi connectivity index (χ1) is 9.72. The van der Waals surface area contributed by atoms with Gasteiger partial charge >= 0.3 is 0 Å². The molecule has 20 heavy (non-hydrogen) atoms. The minimum Gasteiger partial charge on any atom is -0.378 e. The van der Waals surface area contributed by atoms with Crippen LogP contribution in [0.25, 0.3) is 0 Å². The van der Waals surface area contributed by atoms with Crippen LogP contribution in [-0.2, 0) is 23.6 Å². The molecule has 6 heteroatoms. The van der Waals surface area contributed by atoms with Crippen LogP contribution in [0.4, 0.5) is 0 Å². The fourth-order valence-corrected chi connectivity index (χ4v) is 4.03. The number of ether oxygens (including phenoxy) is 1. The summed E-state index contributed by atoms with van der Waals surface area (Å²) < 4.78 is 5.20. The van der Waals surface area contributed by atoms with Crippen molar-refractivity contribution in [2.45, 2.75) is 23.8 Å². The van der Waals surface area contributed by atoms with Crippen LogP contribution in [0.5, 0.6) is 0 Å². The summed E-state index contributed by atoms with van der Waals surface area (Å²) in [5, 5.41) is 5.05. The van der Waals surface area contributed by atoms with Gasteiger partial charge in [0.25, 0.3) is 0 Å². The van der Waals surface area contributed by atoms with Gasteiger partial charge in [-0.25, -0.2) is 4.98 Å². The van der Waals surface area contributed by atoms with Crippen LogP contribution in [0.15, 0.2) is 29.2 Å². The molecule has 2 rings (SSSR count). The summed E-state index contributed by atoms with van der Waals surface area (Å²) in [6.45, 7) is 1.40. The molecule has 3 nitrogen and oxygen atoms in total. The molecule has 0 amide bonds. The number of aromatic nitrogens is 1. The van der Waals surface area contributed by atoms with E-state index in [9.17, 15) is 0 Å². The molecule has 0 fully saturated rings. The van der Waals surface area contributed by atoms with Crippen molar-refractivity contribution in [1.29, 1.82) is 0 Å². The molecule has 0 bridgehead atoms. The fourth-order valence-electron chi connectivity index (χ4n) is 1.75. The van der Waals surface area contributed by atoms with Crippen molar-refractivity contribution in [3.8, 4) is 0 Å². The van der Waals surface area contributed by atoms with Crippen LogP contribution < -0.4 is 5.32 Å². The van der Waals surface area contributed by atoms with Gasteiger partial charge < -0.3 is 10.1 Å². The Kier molecular flexibility index (Phi) is 6.32. The SMILES string of the molecule is CNCc1sc(CSc2cccc(Cl)c2)nc1COC. The summed E-state index contributed by atoms with van der Waals surface area (Å²) in [6.07, 6.45) is 0. The van der Waals surface area contributed by atoms with Gasteiger partial charge in [0.2, 0.25) is 0 Å². The van der Waals surface area contributed by atoms with Crippen molar-refractivity contribution < 1.29 is 4.74 Å². The maximum atomic E-state index is 5.99. The molecule has 0 aliphatic rings. The first-order valence-corrected chi connectivity index (χ1v) is 8.40. The Morgan fingerprint density at radius 1 is 1.45 bits per heavy atom. The molecule has 2 aromatic rings. The normalized spacial score (nSPS) is 10.9. The van der Waals surface area contributed by atoms with Crippen LogP contribution in [0.3, 0.4) is 0 Å². The molecule has 0 unspecified atom stereocenters. The van der Waals surface area contributed by atoms with Gasteiger partial charge in [-0.1, -0.05) is 17.7 Å². The molecule has 1 aromatic carbocycles. The standard InChI is InChI=1S/C14H17ClN2OS2/c1-16-7-13-12(8-18-2)17-14(20-13)9-19-11-5-3-4-10(15)6-11/h3-6,16H,7-9H2,1-2H3. The molecule has 0 saturated carbocycles. The van der Waals surface area contributed by atoms with Gasteiger partial charge in [0.1, 0.15) is 5.01 Å². The average molecular weight is 329 g/mol. The van der Waals surface area contributed by atoms with Crippen molar-refractivity contribution in [1.82, 2.24) is 10.3 Å². The lowest BCUT2D eigenvalue weighted by atomic mass is 10.4. The molecule has 0 aliphatic heterocycles. The van der Waals surface area contributed by atoms with Crippen molar-refractivity contribution >= 4 is 34.7 Å². The zero-order valence-corrected chi connectivity index (χ0v) is 13.9. The second-order valence-electron chi connectivity index (χ2n) is 4.19. The summed E-state index contributed by atoms with van der Waals surface area (Å²) in [7, 11) is 3.64. The predicted molar refractivity (Wildman–Crippen MR) is 86.6 cm³/mol. The van der Waals surface area contributed by atoms with Gasteiger partial charge in [-0.05, 0) is 25.2 Å². The number of nitrogens with zero attached hydrogens (tertiary/aromatic N) is 1. The third-order valence-corrected chi connectivity index (χ3v) is 5.12. The highest BCUT2D eigenvalue weighted by Gasteiger charge is 2.10. The second-order valence-corrected chi connectivity index (χ2v) is 6.84. The minimum atomic E-state index is 0.565. The Morgan fingerprint density at radius 2 is 2.30 bits per heavy atom. The smallest absolute Gasteiger partial charge is 0.104 e. The third kappa shape index (κ3) is 4.46. The molecular formula is C14H17ClN2OS2. The Bertz CT molecular complexity index is 536. The zero-order chi connectivity index (χ0) is 14.4. The second kappa shape index (κ2) is 8.00. The maximum absolute atomic E-state index is 5.99. The van der Waals surface area contributed by atoms with E-state index >= 15 is 0 Å². The van der Waals surface area contributed by atoms with E-state index in [0.29, 0.717) is 6.61 Å². The first-order valence-electron chi connectivity index (χ1n) is 6.22. The number of thioether (sulfide) groups is 1. The largest absolute Gasteiger partial charge is 0.378 e. The quantitative estimate of drug-likeness (QED) is 0.780. The van der Waals surface area contributed by atoms with Crippen molar-refractivity contribution in [3.05, 3.63) is 44.9 Å². The maximum Gasteiger partial charge on any atom is 0.104 e. The van der Waals surface area contributed by atoms with E-state index in [-0.39, 0.29) is 0 Å². The molecule has 0 saturated heterocycles. The van der Waals surface area contributed by atoms with Crippen molar-refractivity contribution in [2.75, 3.05) is 14.2 Å². The van der Waals surface area contributed by atoms with E-state index in [2.05, 4.69) is 16.4 Å². The number of methoxy groups -OCH3 is 1. The van der Waals surface area contributed by atoms with Crippen LogP contribution in [0.2, 0.25) is 5.02 Å². The molecule has 0 atom stereocenters. The third-order valence-electron chi connectivity index (χ3n) is 2.60. The monoisotopic (exact) mass is 328 g/mol. The van der Waals surface area contributed by atoms with E-state index in [1.54, 1.807) is 30.2 Å². The molecule has 1 heterocycles. The number of hydrogen-bond acceptors (Lipinski definition) is 5. The summed E-state index contributed by atoms with van der Waals surface area (Å²) >= 11 is 9.48. The molecule has 0 radical (unpaired) electrons. The Balaban J connectivity index is 2.03. The fraction of sp³-hybridized carbons (Fsp3) is 0.357. The van der Waals surface area contributed by atoms with Gasteiger partial charge in [-0.3, -0.25) is 0 Å². The van der Waals surface area contributed by atoms with Gasteiger partial charge in [0, 0.05) is 28.4 Å². The molecule has 0 aliphatic carbocycles. The van der Waals surface area contributed by atoms with Crippen molar-refractivity contribution in [3.63, 3.8) is 0 Å². The first kappa shape index (κ1) is 15.8. The van der Waals surface area contributed by atoms with Crippen molar-refractivity contribution in [2.24, 2.45) is 0 Å². The molecule has 1 N–H and O–H groups in total. The summed E-state index contributed by atoms with van der Waals surface area (Å²) in [4.78, 5) is 7.07. The number of halogens is 1. The Labute approximate surface area is 132 Å². The van der Waals surface area contributed by atoms with E-state index in [0.717, 1.165) is 32.9 Å². The molecule has 1 aromatic heterocycles. The number of thiazole rings is 1. The van der Waals surface area contributed by atoms with E-state index in [4.69, 9.17) is 16.3 Å². The van der Waals surface area contributed by atoms with E-state index < -0.39 is 0 Å². The van der Waals surface area contributed by atoms with Crippen LogP contribution in [-0.4, -0.2) is 19.1 Å². The highest BCUT2D eigenvalue weighted by Crippen LogP contribution is 2.28. The average Bonchev–Trinajstić information content (AvgIpc) is 2.80. The zero-order valence-electron chi connectivity index (χ0n) is 11.5. The Morgan fingerprint density at radius 3 is 3.00 bits per heavy atom. The topological polar surface area (TPSA) is 34.2 Å². The molecule has 108 valence electrons. The van der Waals surface area contributed by atoms with Gasteiger partial charge in [-0.15, -0.1) is 23.1 Å². The lowest BCUT2D eigenvalue weighted by Gasteiger charge is -1.99. The van der Waals surface area contributed by atoms with Gasteiger partial charge in [0.15, 0.2) is 0 Å². The van der Waals surface area contributed by atoms with Gasteiger partial charge in [-0.2, -0.15) is 0 Å². The summed E-state index contributed by atoms with van der Waals surface area (Å²) in [6, 6.07) is 7.89. The number of rotatable bonds is 7. The van der Waals surface area contributed by atoms with Crippen LogP contribution in [0.1, 0.15) is 15.6 Å². The Hall–Kier alpha value is -0.590. The summed E-state index contributed by atoms with van der Waals surface area (Å²) in [5.41, 5.74) is 1.04. The van der Waals surface area contributed by atoms with Gasteiger partial charge in [0.05, 0.1) is 18.1 Å². The summed E-state index contributed by atoms with van der Waals surface area (Å²) in [5.74, 6) is 0.853. The number of benzene rings is 1. The minimum absolute atomic E-state index is 0.565. The van der Waals surface area contributed by atoms with Crippen LogP contribution >= 0.6 is 34.7 Å². The highest BCUT2D eigenvalue weighted by molar-refractivity contribution is 7.98. The molecular weight excluding hydrogens is 312 g/mol. The highest BCUT2D eigenvalue weighted by atomic mass is 35.5. The number of nitrogens with one attached hydrogen (secondary N) is 1. The molecule has 0 spiro atoms. The number of hydrogen-bond donors (Lipinski definition) is 1. The van der Waals surface area contributed by atoms with Crippen LogP contribution in [0, 0.1) is 0 Å². The van der Waals surface area contributed by atoms with E-state index in [1.165, 1.54) is 4.88 Å². The lowest BCUT2D eigenvalue weighted by Crippen LogP contribution is -2.06. The van der Waals surface area contributed by atoms with E-state index in [1.807, 2.05) is 25.2 Å². The lowest BCUT2D eigenvalue weighted by molar-refractivity contribution is 0.181.